The fourth-order valence-corrected chi connectivity index (χ4v) is 1.95. The lowest BCUT2D eigenvalue weighted by Crippen LogP contribution is -2.27. The van der Waals surface area contributed by atoms with Gasteiger partial charge in [0.15, 0.2) is 0 Å². The van der Waals surface area contributed by atoms with Crippen LogP contribution in [-0.4, -0.2) is 29.2 Å². The number of hydrogen-bond acceptors (Lipinski definition) is 1. The summed E-state index contributed by atoms with van der Waals surface area (Å²) < 4.78 is 0. The monoisotopic (exact) mass is 153 g/mol. The summed E-state index contributed by atoms with van der Waals surface area (Å²) in [6.45, 7) is 1.43. The number of rotatable bonds is 0. The predicted molar refractivity (Wildman–Crippen MR) is 40.3 cm³/mol. The summed E-state index contributed by atoms with van der Waals surface area (Å²) in [4.78, 5) is 12.0. The quantitative estimate of drug-likeness (QED) is 0.531. The van der Waals surface area contributed by atoms with Crippen LogP contribution in [0.15, 0.2) is 12.2 Å². The van der Waals surface area contributed by atoms with Crippen LogP contribution in [0.5, 0.6) is 0 Å². The Hall–Kier alpha value is -0.990. The normalized spacial score (nSPS) is 34.4. The number of amides is 1. The van der Waals surface area contributed by atoms with Gasteiger partial charge in [0, 0.05) is 13.1 Å². The molecule has 2 unspecified atom stereocenters. The van der Waals surface area contributed by atoms with E-state index in [1.165, 1.54) is 4.90 Å². The van der Waals surface area contributed by atoms with Crippen LogP contribution in [0, 0.1) is 11.8 Å². The Balaban J connectivity index is 2.04. The van der Waals surface area contributed by atoms with Gasteiger partial charge in [-0.05, 0) is 18.3 Å². The Morgan fingerprint density at radius 2 is 2.36 bits per heavy atom. The minimum atomic E-state index is -0.771. The van der Waals surface area contributed by atoms with E-state index in [1.807, 2.05) is 0 Å². The highest BCUT2D eigenvalue weighted by Crippen LogP contribution is 2.32. The molecular formula is C8H11NO2. The second-order valence-electron chi connectivity index (χ2n) is 3.28. The van der Waals surface area contributed by atoms with Crippen LogP contribution < -0.4 is 0 Å². The van der Waals surface area contributed by atoms with E-state index in [2.05, 4.69) is 12.2 Å². The first-order valence-electron chi connectivity index (χ1n) is 3.92. The third-order valence-electron chi connectivity index (χ3n) is 2.58. The number of allylic oxidation sites excluding steroid dienone is 1. The molecule has 1 heterocycles. The molecule has 0 aromatic carbocycles. The minimum absolute atomic E-state index is 0.506. The second-order valence-corrected chi connectivity index (χ2v) is 3.28. The van der Waals surface area contributed by atoms with Crippen molar-refractivity contribution in [1.29, 1.82) is 0 Å². The molecule has 3 nitrogen and oxygen atoms in total. The summed E-state index contributed by atoms with van der Waals surface area (Å²) >= 11 is 0. The molecule has 1 saturated heterocycles. The molecule has 0 aromatic rings. The zero-order valence-corrected chi connectivity index (χ0v) is 6.23. The molecule has 1 aliphatic heterocycles. The summed E-state index contributed by atoms with van der Waals surface area (Å²) in [6.07, 6.45) is 4.60. The summed E-state index contributed by atoms with van der Waals surface area (Å²) in [5.74, 6) is 1.08. The minimum Gasteiger partial charge on any atom is -0.465 e. The van der Waals surface area contributed by atoms with Crippen molar-refractivity contribution in [2.45, 2.75) is 6.42 Å². The van der Waals surface area contributed by atoms with Gasteiger partial charge in [-0.3, -0.25) is 0 Å². The van der Waals surface area contributed by atoms with Crippen molar-refractivity contribution in [1.82, 2.24) is 4.90 Å². The largest absolute Gasteiger partial charge is 0.465 e. The van der Waals surface area contributed by atoms with Gasteiger partial charge in [-0.2, -0.15) is 0 Å². The number of hydrogen-bond donors (Lipinski definition) is 1. The molecule has 1 fully saturated rings. The predicted octanol–water partition coefficient (Wildman–Crippen LogP) is 1.17. The molecule has 2 rings (SSSR count). The highest BCUT2D eigenvalue weighted by molar-refractivity contribution is 5.65. The molecule has 0 aromatic heterocycles. The van der Waals surface area contributed by atoms with Crippen molar-refractivity contribution in [3.8, 4) is 0 Å². The molecule has 3 heteroatoms. The van der Waals surface area contributed by atoms with Crippen molar-refractivity contribution in [3.05, 3.63) is 12.2 Å². The third-order valence-corrected chi connectivity index (χ3v) is 2.58. The fraction of sp³-hybridized carbons (Fsp3) is 0.625. The number of likely N-dealkylation sites (tertiary alicyclic amines) is 1. The maximum absolute atomic E-state index is 10.5. The summed E-state index contributed by atoms with van der Waals surface area (Å²) in [7, 11) is 0. The molecule has 0 bridgehead atoms. The summed E-state index contributed by atoms with van der Waals surface area (Å²) in [5, 5.41) is 8.67. The van der Waals surface area contributed by atoms with Gasteiger partial charge in [-0.1, -0.05) is 12.2 Å². The number of carboxylic acid groups (broad SMARTS) is 1. The molecule has 2 atom stereocenters. The van der Waals surface area contributed by atoms with Crippen molar-refractivity contribution in [2.24, 2.45) is 11.8 Å². The Bertz CT molecular complexity index is 212. The Labute approximate surface area is 65.3 Å². The van der Waals surface area contributed by atoms with Crippen molar-refractivity contribution >= 4 is 6.09 Å². The van der Waals surface area contributed by atoms with Crippen LogP contribution in [0.2, 0.25) is 0 Å². The highest BCUT2D eigenvalue weighted by Gasteiger charge is 2.35. The Morgan fingerprint density at radius 3 is 3.00 bits per heavy atom. The maximum atomic E-state index is 10.5. The molecule has 1 amide bonds. The van der Waals surface area contributed by atoms with E-state index in [1.54, 1.807) is 0 Å². The summed E-state index contributed by atoms with van der Waals surface area (Å²) in [6, 6.07) is 0. The molecule has 0 spiro atoms. The molecule has 1 aliphatic carbocycles. The van der Waals surface area contributed by atoms with Crippen LogP contribution in [0.25, 0.3) is 0 Å². The second kappa shape index (κ2) is 2.26. The van der Waals surface area contributed by atoms with Gasteiger partial charge in [0.05, 0.1) is 0 Å². The lowest BCUT2D eigenvalue weighted by Gasteiger charge is -2.10. The lowest BCUT2D eigenvalue weighted by atomic mass is 10.0. The standard InChI is InChI=1S/C8H11NO2/c10-8(11)9-4-6-2-1-3-7(6)5-9/h1-2,6-7H,3-5H2,(H,10,11). The number of carbonyl (C=O) groups is 1. The zero-order valence-electron chi connectivity index (χ0n) is 6.23. The maximum Gasteiger partial charge on any atom is 0.407 e. The van der Waals surface area contributed by atoms with Crippen LogP contribution in [-0.2, 0) is 0 Å². The van der Waals surface area contributed by atoms with Gasteiger partial charge in [0.1, 0.15) is 0 Å². The fourth-order valence-electron chi connectivity index (χ4n) is 1.95. The molecule has 0 radical (unpaired) electrons. The van der Waals surface area contributed by atoms with Gasteiger partial charge in [0.2, 0.25) is 0 Å². The topological polar surface area (TPSA) is 40.5 Å². The van der Waals surface area contributed by atoms with Gasteiger partial charge >= 0.3 is 6.09 Å². The SMILES string of the molecule is O=C(O)N1CC2C=CCC2C1. The molecule has 1 N–H and O–H groups in total. The van der Waals surface area contributed by atoms with Gasteiger partial charge in [-0.15, -0.1) is 0 Å². The van der Waals surface area contributed by atoms with Crippen LogP contribution >= 0.6 is 0 Å². The van der Waals surface area contributed by atoms with Crippen LogP contribution in [0.1, 0.15) is 6.42 Å². The Morgan fingerprint density at radius 1 is 1.55 bits per heavy atom. The number of nitrogens with zero attached hydrogens (tertiary/aromatic N) is 1. The first-order valence-corrected chi connectivity index (χ1v) is 3.92. The van der Waals surface area contributed by atoms with E-state index in [-0.39, 0.29) is 0 Å². The molecule has 0 saturated carbocycles. The average molecular weight is 153 g/mol. The molecule has 11 heavy (non-hydrogen) atoms. The Kier molecular flexibility index (Phi) is 1.37. The summed E-state index contributed by atoms with van der Waals surface area (Å²) in [5.41, 5.74) is 0. The van der Waals surface area contributed by atoms with Gasteiger partial charge < -0.3 is 10.0 Å². The third kappa shape index (κ3) is 1.00. The molecular weight excluding hydrogens is 142 g/mol. The van der Waals surface area contributed by atoms with Crippen LogP contribution in [0.4, 0.5) is 4.79 Å². The van der Waals surface area contributed by atoms with E-state index >= 15 is 0 Å². The smallest absolute Gasteiger partial charge is 0.407 e. The van der Waals surface area contributed by atoms with Crippen LogP contribution in [0.3, 0.4) is 0 Å². The van der Waals surface area contributed by atoms with E-state index < -0.39 is 6.09 Å². The first-order chi connectivity index (χ1) is 5.27. The average Bonchev–Trinajstić information content (AvgIpc) is 2.40. The van der Waals surface area contributed by atoms with Crippen molar-refractivity contribution in [3.63, 3.8) is 0 Å². The first kappa shape index (κ1) is 6.70. The molecule has 2 aliphatic rings. The zero-order chi connectivity index (χ0) is 7.84. The van der Waals surface area contributed by atoms with Gasteiger partial charge in [0.25, 0.3) is 0 Å². The molecule has 60 valence electrons. The van der Waals surface area contributed by atoms with Gasteiger partial charge in [-0.25, -0.2) is 4.79 Å². The van der Waals surface area contributed by atoms with E-state index in [4.69, 9.17) is 5.11 Å². The van der Waals surface area contributed by atoms with E-state index in [0.29, 0.717) is 18.4 Å². The van der Waals surface area contributed by atoms with E-state index in [9.17, 15) is 4.79 Å². The lowest BCUT2D eigenvalue weighted by molar-refractivity contribution is 0.153. The van der Waals surface area contributed by atoms with E-state index in [0.717, 1.165) is 13.0 Å². The number of fused-ring (bicyclic) bond motifs is 1. The van der Waals surface area contributed by atoms with Crippen molar-refractivity contribution in [2.75, 3.05) is 13.1 Å². The highest BCUT2D eigenvalue weighted by atomic mass is 16.4. The van der Waals surface area contributed by atoms with Crippen molar-refractivity contribution < 1.29 is 9.90 Å².